The second-order valence-electron chi connectivity index (χ2n) is 0.934. The molecule has 0 aliphatic carbocycles. The Labute approximate surface area is 54.4 Å². The summed E-state index contributed by atoms with van der Waals surface area (Å²) in [5, 5.41) is 0. The zero-order valence-electron chi connectivity index (χ0n) is 4.05. The van der Waals surface area contributed by atoms with Gasteiger partial charge in [0, 0.05) is 5.75 Å². The van der Waals surface area contributed by atoms with Gasteiger partial charge in [0.05, 0.1) is 19.5 Å². The Balaban J connectivity index is 2.45. The quantitative estimate of drug-likeness (QED) is 0.544. The molecule has 0 heterocycles. The molecule has 0 unspecified atom stereocenters. The largest absolute Gasteiger partial charge is 0.302 e. The van der Waals surface area contributed by atoms with E-state index in [4.69, 9.17) is 0 Å². The molecule has 0 N–H and O–H groups in total. The predicted molar refractivity (Wildman–Crippen MR) is 36.2 cm³/mol. The van der Waals surface area contributed by atoms with E-state index >= 15 is 0 Å². The highest BCUT2D eigenvalue weighted by molar-refractivity contribution is 7.99. The molecule has 7 heavy (non-hydrogen) atoms. The highest BCUT2D eigenvalue weighted by Crippen LogP contribution is 1.96. The van der Waals surface area contributed by atoms with Crippen LogP contribution in [0.25, 0.3) is 0 Å². The molecule has 3 heteroatoms. The second-order valence-corrected chi connectivity index (χ2v) is 2.39. The van der Waals surface area contributed by atoms with E-state index in [1.54, 1.807) is 11.8 Å². The predicted octanol–water partition coefficient (Wildman–Crippen LogP) is 1.68. The van der Waals surface area contributed by atoms with Crippen LogP contribution in [0, 0.1) is 6.92 Å². The topological polar surface area (TPSA) is 9.23 Å². The second kappa shape index (κ2) is 6.66. The lowest BCUT2D eigenvalue weighted by Crippen LogP contribution is -1.87. The lowest BCUT2D eigenvalue weighted by molar-refractivity contribution is 0.415. The van der Waals surface area contributed by atoms with Crippen molar-refractivity contribution in [2.24, 2.45) is 0 Å². The molecule has 0 rings (SSSR count). The van der Waals surface area contributed by atoms with E-state index in [-0.39, 0.29) is 0 Å². The van der Waals surface area contributed by atoms with Crippen molar-refractivity contribution in [2.45, 2.75) is 0 Å². The molecule has 0 saturated heterocycles. The number of thioether (sulfide) groups is 1. The third kappa shape index (κ3) is 6.66. The molecular formula is C4H8OS2. The fourth-order valence-electron chi connectivity index (χ4n) is 0.195. The van der Waals surface area contributed by atoms with Gasteiger partial charge in [-0.3, -0.25) is 0 Å². The fourth-order valence-corrected chi connectivity index (χ4v) is 0.789. The molecule has 0 atom stereocenters. The fraction of sp³-hybridized carbons (Fsp3) is 0.750. The van der Waals surface area contributed by atoms with Crippen molar-refractivity contribution in [3.05, 3.63) is 6.92 Å². The van der Waals surface area contributed by atoms with Crippen LogP contribution in [0.3, 0.4) is 0 Å². The Morgan fingerprint density at radius 2 is 2.43 bits per heavy atom. The summed E-state index contributed by atoms with van der Waals surface area (Å²) in [5.41, 5.74) is 0. The van der Waals surface area contributed by atoms with Crippen LogP contribution in [0.1, 0.15) is 0 Å². The molecule has 0 amide bonds. The van der Waals surface area contributed by atoms with Gasteiger partial charge >= 0.3 is 0 Å². The summed E-state index contributed by atoms with van der Waals surface area (Å²) in [7, 11) is 0. The maximum absolute atomic E-state index is 4.38. The minimum Gasteiger partial charge on any atom is -0.302 e. The summed E-state index contributed by atoms with van der Waals surface area (Å²) >= 11 is 5.96. The first-order valence-electron chi connectivity index (χ1n) is 2.03. The Morgan fingerprint density at radius 3 is 2.86 bits per heavy atom. The van der Waals surface area contributed by atoms with E-state index in [2.05, 4.69) is 24.0 Å². The third-order valence-corrected chi connectivity index (χ3v) is 1.37. The first kappa shape index (κ1) is 7.66. The molecule has 0 aliphatic rings. The van der Waals surface area contributed by atoms with Gasteiger partial charge in [0.1, 0.15) is 0 Å². The van der Waals surface area contributed by atoms with E-state index in [1.807, 2.05) is 0 Å². The highest BCUT2D eigenvalue weighted by Gasteiger charge is 1.81. The summed E-state index contributed by atoms with van der Waals surface area (Å²) in [6.45, 7) is 4.29. The first-order valence-corrected chi connectivity index (χ1v) is 3.52. The maximum Gasteiger partial charge on any atom is 0.0925 e. The Bertz CT molecular complexity index is 28.9. The summed E-state index contributed by atoms with van der Waals surface area (Å²) < 4.78 is 4.38. The van der Waals surface area contributed by atoms with Crippen LogP contribution in [0.5, 0.6) is 0 Å². The number of hydrogen-bond acceptors (Lipinski definition) is 2. The normalized spacial score (nSPS) is 9.43. The molecule has 2 radical (unpaired) electrons. The molecule has 0 bridgehead atoms. The van der Waals surface area contributed by atoms with Gasteiger partial charge in [0.25, 0.3) is 0 Å². The van der Waals surface area contributed by atoms with Gasteiger partial charge in [-0.25, -0.2) is 0 Å². The zero-order chi connectivity index (χ0) is 5.54. The summed E-state index contributed by atoms with van der Waals surface area (Å²) in [6, 6.07) is 0. The van der Waals surface area contributed by atoms with E-state index in [0.717, 1.165) is 11.5 Å². The average Bonchev–Trinajstić information content (AvgIpc) is 1.69. The Morgan fingerprint density at radius 1 is 1.71 bits per heavy atom. The van der Waals surface area contributed by atoms with Crippen molar-refractivity contribution < 1.29 is 4.18 Å². The monoisotopic (exact) mass is 136 g/mol. The van der Waals surface area contributed by atoms with E-state index in [0.29, 0.717) is 6.61 Å². The smallest absolute Gasteiger partial charge is 0.0925 e. The van der Waals surface area contributed by atoms with Crippen molar-refractivity contribution in [1.29, 1.82) is 0 Å². The van der Waals surface area contributed by atoms with Crippen LogP contribution < -0.4 is 0 Å². The minimum atomic E-state index is 0.662. The Hall–Kier alpha value is 0.660. The lowest BCUT2D eigenvalue weighted by Gasteiger charge is -1.90. The molecule has 0 aromatic rings. The molecule has 0 aromatic heterocycles. The lowest BCUT2D eigenvalue weighted by atomic mass is 10.9. The van der Waals surface area contributed by atoms with Crippen molar-refractivity contribution in [1.82, 2.24) is 0 Å². The van der Waals surface area contributed by atoms with Gasteiger partial charge in [-0.2, -0.15) is 11.8 Å². The van der Waals surface area contributed by atoms with Crippen LogP contribution in [0.2, 0.25) is 0 Å². The van der Waals surface area contributed by atoms with Crippen LogP contribution in [0.15, 0.2) is 0 Å². The van der Waals surface area contributed by atoms with Gasteiger partial charge in [-0.1, -0.05) is 0 Å². The van der Waals surface area contributed by atoms with Gasteiger partial charge in [-0.15, -0.1) is 0 Å². The van der Waals surface area contributed by atoms with Crippen molar-refractivity contribution >= 4 is 24.7 Å². The minimum absolute atomic E-state index is 0.662. The zero-order valence-corrected chi connectivity index (χ0v) is 5.69. The van der Waals surface area contributed by atoms with Gasteiger partial charge in [0.15, 0.2) is 0 Å². The Kier molecular flexibility index (Phi) is 7.29. The van der Waals surface area contributed by atoms with Crippen LogP contribution in [0.4, 0.5) is 0 Å². The number of rotatable bonds is 4. The SMILES string of the molecule is [CH2]CSCCO[S]. The van der Waals surface area contributed by atoms with Crippen molar-refractivity contribution in [3.63, 3.8) is 0 Å². The van der Waals surface area contributed by atoms with E-state index in [1.165, 1.54) is 0 Å². The summed E-state index contributed by atoms with van der Waals surface area (Å²) in [5.74, 6) is 1.87. The highest BCUT2D eigenvalue weighted by atomic mass is 32.2. The molecule has 0 saturated carbocycles. The molecule has 0 fully saturated rings. The van der Waals surface area contributed by atoms with E-state index in [9.17, 15) is 0 Å². The van der Waals surface area contributed by atoms with Gasteiger partial charge < -0.3 is 4.18 Å². The van der Waals surface area contributed by atoms with Crippen molar-refractivity contribution in [2.75, 3.05) is 18.1 Å². The van der Waals surface area contributed by atoms with Crippen LogP contribution >= 0.6 is 24.7 Å². The van der Waals surface area contributed by atoms with E-state index < -0.39 is 0 Å². The standard InChI is InChI=1S/C4H8OS2/c1-2-7-4-3-5-6/h1-4H2. The van der Waals surface area contributed by atoms with Crippen molar-refractivity contribution in [3.8, 4) is 0 Å². The summed E-state index contributed by atoms with van der Waals surface area (Å²) in [4.78, 5) is 0. The molecule has 0 aliphatic heterocycles. The van der Waals surface area contributed by atoms with Crippen LogP contribution in [-0.2, 0) is 4.18 Å². The third-order valence-electron chi connectivity index (χ3n) is 0.455. The average molecular weight is 136 g/mol. The van der Waals surface area contributed by atoms with Gasteiger partial charge in [-0.05, 0) is 12.7 Å². The molecule has 42 valence electrons. The molecule has 0 spiro atoms. The van der Waals surface area contributed by atoms with Gasteiger partial charge in [0.2, 0.25) is 0 Å². The summed E-state index contributed by atoms with van der Waals surface area (Å²) in [6.07, 6.45) is 0. The first-order chi connectivity index (χ1) is 3.41. The molecular weight excluding hydrogens is 128 g/mol. The maximum atomic E-state index is 4.38. The molecule has 1 nitrogen and oxygen atoms in total. The van der Waals surface area contributed by atoms with Crippen LogP contribution in [-0.4, -0.2) is 18.1 Å². The molecule has 0 aromatic carbocycles. The number of hydrogen-bond donors (Lipinski definition) is 0.